The summed E-state index contributed by atoms with van der Waals surface area (Å²) in [5, 5.41) is 3.27. The van der Waals surface area contributed by atoms with Crippen LogP contribution in [-0.2, 0) is 17.3 Å². The molecule has 1 rings (SSSR count). The second-order valence-electron chi connectivity index (χ2n) is 3.44. The van der Waals surface area contributed by atoms with Crippen molar-refractivity contribution in [3.05, 3.63) is 35.4 Å². The van der Waals surface area contributed by atoms with Crippen LogP contribution < -0.4 is 5.32 Å². The number of rotatable bonds is 5. The van der Waals surface area contributed by atoms with Crippen LogP contribution in [0.1, 0.15) is 11.1 Å². The zero-order valence-corrected chi connectivity index (χ0v) is 9.56. The number of hydrogen-bond donors (Lipinski definition) is 1. The molecule has 0 aliphatic rings. The van der Waals surface area contributed by atoms with Gasteiger partial charge in [-0.05, 0) is 12.5 Å². The van der Waals surface area contributed by atoms with Crippen LogP contribution in [0.5, 0.6) is 0 Å². The Morgan fingerprint density at radius 2 is 2.21 bits per heavy atom. The highest BCUT2D eigenvalue weighted by atomic mass is 32.2. The first kappa shape index (κ1) is 11.4. The summed E-state index contributed by atoms with van der Waals surface area (Å²) < 4.78 is 10.8. The maximum Gasteiger partial charge on any atom is 0.0357 e. The Bertz CT molecular complexity index is 312. The van der Waals surface area contributed by atoms with Crippen LogP contribution in [0.3, 0.4) is 0 Å². The van der Waals surface area contributed by atoms with E-state index in [1.807, 2.05) is 0 Å². The van der Waals surface area contributed by atoms with Crippen LogP contribution in [-0.4, -0.2) is 22.8 Å². The highest BCUT2D eigenvalue weighted by Gasteiger charge is 1.93. The van der Waals surface area contributed by atoms with Crippen LogP contribution in [0.2, 0.25) is 0 Å². The van der Waals surface area contributed by atoms with Crippen molar-refractivity contribution in [2.75, 3.05) is 18.6 Å². The molecule has 0 heterocycles. The van der Waals surface area contributed by atoms with Crippen LogP contribution in [0.25, 0.3) is 0 Å². The van der Waals surface area contributed by atoms with Gasteiger partial charge in [-0.1, -0.05) is 29.8 Å². The SMILES string of the molecule is Cc1cccc(CNCCS(C)=O)c1. The number of benzene rings is 1. The molecule has 0 bridgehead atoms. The van der Waals surface area contributed by atoms with E-state index in [2.05, 4.69) is 36.5 Å². The molecule has 0 aliphatic carbocycles. The molecule has 0 saturated heterocycles. The van der Waals surface area contributed by atoms with Crippen molar-refractivity contribution < 1.29 is 4.21 Å². The molecular weight excluding hydrogens is 194 g/mol. The van der Waals surface area contributed by atoms with Crippen LogP contribution in [0.4, 0.5) is 0 Å². The minimum atomic E-state index is -0.690. The average Bonchev–Trinajstić information content (AvgIpc) is 2.12. The maximum absolute atomic E-state index is 10.8. The third-order valence-electron chi connectivity index (χ3n) is 1.98. The summed E-state index contributed by atoms with van der Waals surface area (Å²) in [5.41, 5.74) is 2.57. The summed E-state index contributed by atoms with van der Waals surface area (Å²) >= 11 is 0. The highest BCUT2D eigenvalue weighted by molar-refractivity contribution is 7.84. The lowest BCUT2D eigenvalue weighted by Gasteiger charge is -2.04. The summed E-state index contributed by atoms with van der Waals surface area (Å²) in [4.78, 5) is 0. The predicted octanol–water partition coefficient (Wildman–Crippen LogP) is 1.46. The Hall–Kier alpha value is -0.670. The zero-order valence-electron chi connectivity index (χ0n) is 8.75. The van der Waals surface area contributed by atoms with Crippen molar-refractivity contribution in [2.24, 2.45) is 0 Å². The third kappa shape index (κ3) is 4.53. The Labute approximate surface area is 88.2 Å². The van der Waals surface area contributed by atoms with Gasteiger partial charge in [0.2, 0.25) is 0 Å². The van der Waals surface area contributed by atoms with Crippen LogP contribution >= 0.6 is 0 Å². The van der Waals surface area contributed by atoms with Crippen molar-refractivity contribution in [3.8, 4) is 0 Å². The molecule has 0 saturated carbocycles. The van der Waals surface area contributed by atoms with Gasteiger partial charge in [0.15, 0.2) is 0 Å². The van der Waals surface area contributed by atoms with Gasteiger partial charge in [0, 0.05) is 35.9 Å². The van der Waals surface area contributed by atoms with Gasteiger partial charge in [-0.3, -0.25) is 4.21 Å². The van der Waals surface area contributed by atoms with Gasteiger partial charge >= 0.3 is 0 Å². The first-order chi connectivity index (χ1) is 6.68. The van der Waals surface area contributed by atoms with Crippen LogP contribution in [0, 0.1) is 6.92 Å². The van der Waals surface area contributed by atoms with Crippen molar-refractivity contribution >= 4 is 10.8 Å². The van der Waals surface area contributed by atoms with E-state index in [0.717, 1.165) is 18.8 Å². The Balaban J connectivity index is 2.28. The summed E-state index contributed by atoms with van der Waals surface area (Å²) in [7, 11) is -0.690. The van der Waals surface area contributed by atoms with E-state index in [9.17, 15) is 4.21 Å². The minimum Gasteiger partial charge on any atom is -0.312 e. The lowest BCUT2D eigenvalue weighted by molar-refractivity contribution is 0.676. The highest BCUT2D eigenvalue weighted by Crippen LogP contribution is 2.02. The fraction of sp³-hybridized carbons (Fsp3) is 0.455. The molecule has 1 atom stereocenters. The molecule has 1 aromatic carbocycles. The molecule has 0 aliphatic heterocycles. The largest absolute Gasteiger partial charge is 0.312 e. The second-order valence-corrected chi connectivity index (χ2v) is 5.00. The molecule has 1 aromatic rings. The lowest BCUT2D eigenvalue weighted by Crippen LogP contribution is -2.19. The topological polar surface area (TPSA) is 29.1 Å². The molecule has 1 unspecified atom stereocenters. The zero-order chi connectivity index (χ0) is 10.4. The summed E-state index contributed by atoms with van der Waals surface area (Å²) in [6, 6.07) is 8.41. The molecule has 14 heavy (non-hydrogen) atoms. The van der Waals surface area contributed by atoms with E-state index in [1.165, 1.54) is 11.1 Å². The fourth-order valence-corrected chi connectivity index (χ4v) is 1.70. The smallest absolute Gasteiger partial charge is 0.0357 e. The molecule has 2 nitrogen and oxygen atoms in total. The molecule has 78 valence electrons. The van der Waals surface area contributed by atoms with Crippen molar-refractivity contribution in [2.45, 2.75) is 13.5 Å². The van der Waals surface area contributed by atoms with Gasteiger partial charge in [0.25, 0.3) is 0 Å². The third-order valence-corrected chi connectivity index (χ3v) is 2.76. The molecule has 3 heteroatoms. The van der Waals surface area contributed by atoms with Gasteiger partial charge in [0.1, 0.15) is 0 Å². The summed E-state index contributed by atoms with van der Waals surface area (Å²) in [6.45, 7) is 3.76. The molecule has 0 radical (unpaired) electrons. The molecular formula is C11H17NOS. The second kappa shape index (κ2) is 5.94. The predicted molar refractivity (Wildman–Crippen MR) is 61.8 cm³/mol. The Kier molecular flexibility index (Phi) is 4.84. The summed E-state index contributed by atoms with van der Waals surface area (Å²) in [5.74, 6) is 0.728. The van der Waals surface area contributed by atoms with E-state index < -0.39 is 10.8 Å². The monoisotopic (exact) mass is 211 g/mol. The molecule has 1 N–H and O–H groups in total. The van der Waals surface area contributed by atoms with E-state index >= 15 is 0 Å². The quantitative estimate of drug-likeness (QED) is 0.747. The van der Waals surface area contributed by atoms with Crippen LogP contribution in [0.15, 0.2) is 24.3 Å². The van der Waals surface area contributed by atoms with Crippen molar-refractivity contribution in [3.63, 3.8) is 0 Å². The number of aryl methyl sites for hydroxylation is 1. The Morgan fingerprint density at radius 1 is 1.43 bits per heavy atom. The van der Waals surface area contributed by atoms with Gasteiger partial charge in [-0.2, -0.15) is 0 Å². The normalized spacial score (nSPS) is 12.7. The van der Waals surface area contributed by atoms with Gasteiger partial charge < -0.3 is 5.32 Å². The molecule has 0 aromatic heterocycles. The molecule has 0 amide bonds. The lowest BCUT2D eigenvalue weighted by atomic mass is 10.1. The number of nitrogens with one attached hydrogen (secondary N) is 1. The maximum atomic E-state index is 10.8. The summed E-state index contributed by atoms with van der Waals surface area (Å²) in [6.07, 6.45) is 1.73. The minimum absolute atomic E-state index is 0.690. The van der Waals surface area contributed by atoms with E-state index in [4.69, 9.17) is 0 Å². The first-order valence-electron chi connectivity index (χ1n) is 4.75. The Morgan fingerprint density at radius 3 is 2.86 bits per heavy atom. The van der Waals surface area contributed by atoms with Gasteiger partial charge in [-0.25, -0.2) is 0 Å². The van der Waals surface area contributed by atoms with E-state index in [0.29, 0.717) is 0 Å². The fourth-order valence-electron chi connectivity index (χ4n) is 1.27. The van der Waals surface area contributed by atoms with Gasteiger partial charge in [-0.15, -0.1) is 0 Å². The van der Waals surface area contributed by atoms with E-state index in [-0.39, 0.29) is 0 Å². The van der Waals surface area contributed by atoms with Crippen molar-refractivity contribution in [1.82, 2.24) is 5.32 Å². The van der Waals surface area contributed by atoms with E-state index in [1.54, 1.807) is 6.26 Å². The first-order valence-corrected chi connectivity index (χ1v) is 6.47. The van der Waals surface area contributed by atoms with Gasteiger partial charge in [0.05, 0.1) is 0 Å². The molecule has 0 fully saturated rings. The van der Waals surface area contributed by atoms with Crippen molar-refractivity contribution in [1.29, 1.82) is 0 Å². The molecule has 0 spiro atoms. The standard InChI is InChI=1S/C11H17NOS/c1-10-4-3-5-11(8-10)9-12-6-7-14(2)13/h3-5,8,12H,6-7,9H2,1-2H3. The number of hydrogen-bond acceptors (Lipinski definition) is 2. The average molecular weight is 211 g/mol.